The average Bonchev–Trinajstić information content (AvgIpc) is 3.53. The lowest BCUT2D eigenvalue weighted by atomic mass is 10.1. The fourth-order valence-electron chi connectivity index (χ4n) is 4.16. The topological polar surface area (TPSA) is 92.9 Å². The number of fused-ring (bicyclic) bond motifs is 1. The summed E-state index contributed by atoms with van der Waals surface area (Å²) in [5.74, 6) is 1.10. The Balaban J connectivity index is 0.000000263. The highest BCUT2D eigenvalue weighted by molar-refractivity contribution is 6.00. The van der Waals surface area contributed by atoms with E-state index in [4.69, 9.17) is 9.53 Å². The van der Waals surface area contributed by atoms with Crippen LogP contribution in [0.1, 0.15) is 39.2 Å². The second kappa shape index (κ2) is 12.6. The first kappa shape index (κ1) is 25.9. The summed E-state index contributed by atoms with van der Waals surface area (Å²) in [5, 5.41) is 0. The van der Waals surface area contributed by atoms with Crippen LogP contribution in [-0.2, 0) is 20.8 Å². The van der Waals surface area contributed by atoms with Crippen LogP contribution in [0.15, 0.2) is 60.2 Å². The lowest BCUT2D eigenvalue weighted by Crippen LogP contribution is -2.49. The molecular weight excluding hydrogens is 418 g/mol. The lowest BCUT2D eigenvalue weighted by Gasteiger charge is -2.30. The summed E-state index contributed by atoms with van der Waals surface area (Å²) in [5.41, 5.74) is 7.20. The molecule has 1 aromatic rings. The number of hydrogen-bond donors (Lipinski definition) is 1. The largest absolute Gasteiger partial charge is 0.493 e. The van der Waals surface area contributed by atoms with Crippen LogP contribution in [0, 0.1) is 0 Å². The van der Waals surface area contributed by atoms with Crippen molar-refractivity contribution in [3.8, 4) is 5.75 Å². The predicted octanol–water partition coefficient (Wildman–Crippen LogP) is 3.01. The van der Waals surface area contributed by atoms with Gasteiger partial charge in [-0.15, -0.1) is 0 Å². The number of rotatable bonds is 4. The van der Waals surface area contributed by atoms with Crippen molar-refractivity contribution in [2.45, 2.75) is 52.1 Å². The Hall–Kier alpha value is -3.35. The first-order valence-corrected chi connectivity index (χ1v) is 11.3. The Bertz CT molecular complexity index is 899. The smallest absolute Gasteiger partial charge is 0.250 e. The highest BCUT2D eigenvalue weighted by atomic mass is 16.5. The lowest BCUT2D eigenvalue weighted by molar-refractivity contribution is -0.142. The maximum absolute atomic E-state index is 12.6. The summed E-state index contributed by atoms with van der Waals surface area (Å²) >= 11 is 0. The molecule has 3 amide bonds. The minimum absolute atomic E-state index is 0.0357. The molecule has 7 heteroatoms. The molecule has 2 N–H and O–H groups in total. The number of ether oxygens (including phenoxy) is 1. The molecule has 2 atom stereocenters. The van der Waals surface area contributed by atoms with Gasteiger partial charge in [-0.25, -0.2) is 0 Å². The SMILES string of the molecule is C=C/C=C\C1=C(C)C(=O)N(C(C)C(=O)N2CCCC2C)C1.NC=O.c1ccc2c(c1)CCO2. The molecule has 0 aliphatic carbocycles. The molecule has 3 aliphatic rings. The number of allylic oxidation sites excluding steroid dienone is 2. The first-order chi connectivity index (χ1) is 15.8. The Morgan fingerprint density at radius 3 is 2.64 bits per heavy atom. The number of carbonyl (C=O) groups is 3. The number of primary amides is 1. The molecule has 1 aromatic carbocycles. The van der Waals surface area contributed by atoms with Gasteiger partial charge in [-0.2, -0.15) is 0 Å². The number of benzene rings is 1. The van der Waals surface area contributed by atoms with Gasteiger partial charge < -0.3 is 20.3 Å². The van der Waals surface area contributed by atoms with Crippen LogP contribution >= 0.6 is 0 Å². The van der Waals surface area contributed by atoms with Crippen LogP contribution in [-0.4, -0.2) is 59.8 Å². The molecule has 1 saturated heterocycles. The fourth-order valence-corrected chi connectivity index (χ4v) is 4.16. The van der Waals surface area contributed by atoms with E-state index >= 15 is 0 Å². The van der Waals surface area contributed by atoms with Gasteiger partial charge in [-0.1, -0.05) is 43.0 Å². The summed E-state index contributed by atoms with van der Waals surface area (Å²) in [4.78, 5) is 37.1. The third kappa shape index (κ3) is 6.57. The monoisotopic (exact) mass is 453 g/mol. The van der Waals surface area contributed by atoms with E-state index in [-0.39, 0.29) is 24.3 Å². The first-order valence-electron chi connectivity index (χ1n) is 11.3. The molecule has 1 fully saturated rings. The van der Waals surface area contributed by atoms with Crippen LogP contribution in [0.3, 0.4) is 0 Å². The summed E-state index contributed by atoms with van der Waals surface area (Å²) in [6.07, 6.45) is 8.85. The minimum Gasteiger partial charge on any atom is -0.493 e. The van der Waals surface area contributed by atoms with Crippen molar-refractivity contribution in [1.29, 1.82) is 0 Å². The quantitative estimate of drug-likeness (QED) is 0.560. The second-order valence-corrected chi connectivity index (χ2v) is 8.22. The van der Waals surface area contributed by atoms with Crippen molar-refractivity contribution in [3.05, 3.63) is 65.8 Å². The molecule has 2 unspecified atom stereocenters. The number of carbonyl (C=O) groups excluding carboxylic acids is 3. The molecule has 0 saturated carbocycles. The van der Waals surface area contributed by atoms with Crippen LogP contribution in [0.25, 0.3) is 0 Å². The van der Waals surface area contributed by atoms with Gasteiger partial charge >= 0.3 is 0 Å². The number of hydrogen-bond acceptors (Lipinski definition) is 4. The molecule has 0 aromatic heterocycles. The zero-order chi connectivity index (χ0) is 24.4. The normalized spacial score (nSPS) is 19.8. The molecule has 178 valence electrons. The van der Waals surface area contributed by atoms with Gasteiger partial charge in [-0.3, -0.25) is 14.4 Å². The predicted molar refractivity (Wildman–Crippen MR) is 130 cm³/mol. The maximum Gasteiger partial charge on any atom is 0.250 e. The molecule has 4 rings (SSSR count). The Kier molecular flexibility index (Phi) is 9.91. The van der Waals surface area contributed by atoms with E-state index in [1.54, 1.807) is 11.0 Å². The fraction of sp³-hybridized carbons (Fsp3) is 0.423. The third-order valence-corrected chi connectivity index (χ3v) is 6.10. The van der Waals surface area contributed by atoms with E-state index in [1.165, 1.54) is 5.56 Å². The highest BCUT2D eigenvalue weighted by Crippen LogP contribution is 2.25. The van der Waals surface area contributed by atoms with Gasteiger partial charge in [0.2, 0.25) is 12.3 Å². The molecule has 0 bridgehead atoms. The van der Waals surface area contributed by atoms with Crippen molar-refractivity contribution in [2.75, 3.05) is 19.7 Å². The van der Waals surface area contributed by atoms with E-state index in [2.05, 4.69) is 25.3 Å². The minimum atomic E-state index is -0.400. The molecule has 7 nitrogen and oxygen atoms in total. The Morgan fingerprint density at radius 2 is 2.03 bits per heavy atom. The number of para-hydroxylation sites is 1. The van der Waals surface area contributed by atoms with Crippen molar-refractivity contribution in [3.63, 3.8) is 0 Å². The number of likely N-dealkylation sites (tertiary alicyclic amines) is 1. The summed E-state index contributed by atoms with van der Waals surface area (Å²) in [6.45, 7) is 11.5. The molecule has 3 heterocycles. The van der Waals surface area contributed by atoms with Crippen molar-refractivity contribution in [2.24, 2.45) is 5.73 Å². The van der Waals surface area contributed by atoms with Gasteiger partial charge in [0, 0.05) is 31.1 Å². The maximum atomic E-state index is 12.6. The van der Waals surface area contributed by atoms with Crippen molar-refractivity contribution >= 4 is 18.2 Å². The molecule has 0 spiro atoms. The van der Waals surface area contributed by atoms with Crippen LogP contribution in [0.2, 0.25) is 0 Å². The number of amides is 3. The van der Waals surface area contributed by atoms with Gasteiger partial charge in [0.1, 0.15) is 11.8 Å². The van der Waals surface area contributed by atoms with E-state index in [9.17, 15) is 9.59 Å². The summed E-state index contributed by atoms with van der Waals surface area (Å²) < 4.78 is 5.30. The van der Waals surface area contributed by atoms with Crippen LogP contribution < -0.4 is 10.5 Å². The zero-order valence-corrected chi connectivity index (χ0v) is 19.8. The number of nitrogens with two attached hydrogens (primary N) is 1. The van der Waals surface area contributed by atoms with Crippen molar-refractivity contribution in [1.82, 2.24) is 9.80 Å². The Labute approximate surface area is 196 Å². The molecule has 0 radical (unpaired) electrons. The van der Waals surface area contributed by atoms with Crippen LogP contribution in [0.4, 0.5) is 0 Å². The van der Waals surface area contributed by atoms with E-state index in [0.717, 1.165) is 49.3 Å². The van der Waals surface area contributed by atoms with Gasteiger partial charge in [0.25, 0.3) is 5.91 Å². The summed E-state index contributed by atoms with van der Waals surface area (Å²) in [7, 11) is 0. The average molecular weight is 454 g/mol. The summed E-state index contributed by atoms with van der Waals surface area (Å²) in [6, 6.07) is 8.07. The highest BCUT2D eigenvalue weighted by Gasteiger charge is 2.37. The van der Waals surface area contributed by atoms with Crippen molar-refractivity contribution < 1.29 is 19.1 Å². The van der Waals surface area contributed by atoms with Gasteiger partial charge in [0.15, 0.2) is 0 Å². The van der Waals surface area contributed by atoms with E-state index < -0.39 is 6.04 Å². The second-order valence-electron chi connectivity index (χ2n) is 8.22. The standard InChI is InChI=1S/C17H24N2O2.C8H8O.CH3NO/c1-5-6-9-15-11-19(16(20)13(15)3)14(4)17(21)18-10-7-8-12(18)2;1-2-4-8-7(3-1)5-6-9-8;2-1-3/h5-6,9,12,14H,1,7-8,10-11H2,2-4H3;1-4H,5-6H2;1H,(H2,2,3)/b9-6-;;. The Morgan fingerprint density at radius 1 is 1.33 bits per heavy atom. The van der Waals surface area contributed by atoms with E-state index in [1.807, 2.05) is 49.1 Å². The zero-order valence-electron chi connectivity index (χ0n) is 19.8. The van der Waals surface area contributed by atoms with Gasteiger partial charge in [-0.05, 0) is 50.8 Å². The molecular formula is C26H35N3O4. The van der Waals surface area contributed by atoms with Crippen LogP contribution in [0.5, 0.6) is 5.75 Å². The molecule has 33 heavy (non-hydrogen) atoms. The molecule has 3 aliphatic heterocycles. The third-order valence-electron chi connectivity index (χ3n) is 6.10. The number of nitrogens with zero attached hydrogens (tertiary/aromatic N) is 2. The van der Waals surface area contributed by atoms with E-state index in [0.29, 0.717) is 6.54 Å². The van der Waals surface area contributed by atoms with Gasteiger partial charge in [0.05, 0.1) is 6.61 Å².